The molecule has 1 fully saturated rings. The lowest BCUT2D eigenvalue weighted by Gasteiger charge is -2.22. The van der Waals surface area contributed by atoms with E-state index in [2.05, 4.69) is 32.9 Å². The molecule has 0 amide bonds. The molecule has 0 saturated carbocycles. The quantitative estimate of drug-likeness (QED) is 0.855. The van der Waals surface area contributed by atoms with Crippen LogP contribution in [0.2, 0.25) is 0 Å². The van der Waals surface area contributed by atoms with Gasteiger partial charge in [0.15, 0.2) is 0 Å². The third kappa shape index (κ3) is 2.67. The van der Waals surface area contributed by atoms with Crippen LogP contribution in [0.25, 0.3) is 0 Å². The van der Waals surface area contributed by atoms with Gasteiger partial charge in [-0.1, -0.05) is 0 Å². The minimum absolute atomic E-state index is 0.319. The number of aromatic nitrogens is 2. The molecule has 2 unspecified atom stereocenters. The second-order valence-electron chi connectivity index (χ2n) is 5.11. The van der Waals surface area contributed by atoms with Gasteiger partial charge in [0.05, 0.1) is 18.3 Å². The van der Waals surface area contributed by atoms with E-state index < -0.39 is 0 Å². The SMILES string of the molecule is CNC1CCN(c2nc(C)cn2C(C)COC)C1. The standard InChI is InChI=1S/C13H24N4O/c1-10-7-17(11(2)9-18-4)13(15-10)16-6-5-12(8-16)14-3/h7,11-12,14H,5-6,8-9H2,1-4H3. The molecule has 5 heteroatoms. The van der Waals surface area contributed by atoms with E-state index in [1.54, 1.807) is 7.11 Å². The third-order valence-electron chi connectivity index (χ3n) is 3.60. The molecule has 1 aromatic rings. The summed E-state index contributed by atoms with van der Waals surface area (Å²) in [5.41, 5.74) is 1.07. The number of rotatable bonds is 5. The van der Waals surface area contributed by atoms with Crippen molar-refractivity contribution in [2.45, 2.75) is 32.4 Å². The van der Waals surface area contributed by atoms with Gasteiger partial charge in [-0.05, 0) is 27.3 Å². The zero-order valence-corrected chi connectivity index (χ0v) is 11.8. The molecule has 18 heavy (non-hydrogen) atoms. The zero-order chi connectivity index (χ0) is 13.1. The second kappa shape index (κ2) is 5.71. The topological polar surface area (TPSA) is 42.3 Å². The maximum absolute atomic E-state index is 5.25. The van der Waals surface area contributed by atoms with E-state index in [9.17, 15) is 0 Å². The number of methoxy groups -OCH3 is 1. The fourth-order valence-corrected chi connectivity index (χ4v) is 2.56. The Morgan fingerprint density at radius 2 is 2.39 bits per heavy atom. The summed E-state index contributed by atoms with van der Waals surface area (Å²) in [6.45, 7) is 7.03. The molecule has 1 aliphatic rings. The number of imidazole rings is 1. The first kappa shape index (κ1) is 13.4. The lowest BCUT2D eigenvalue weighted by molar-refractivity contribution is 0.162. The lowest BCUT2D eigenvalue weighted by Crippen LogP contribution is -2.31. The van der Waals surface area contributed by atoms with Crippen molar-refractivity contribution < 1.29 is 4.74 Å². The number of ether oxygens (including phenoxy) is 1. The summed E-state index contributed by atoms with van der Waals surface area (Å²) in [5.74, 6) is 1.08. The predicted molar refractivity (Wildman–Crippen MR) is 73.2 cm³/mol. The molecule has 2 rings (SSSR count). The van der Waals surface area contributed by atoms with Crippen LogP contribution in [0.1, 0.15) is 25.1 Å². The number of hydrogen-bond donors (Lipinski definition) is 1. The van der Waals surface area contributed by atoms with Crippen molar-refractivity contribution in [1.29, 1.82) is 0 Å². The second-order valence-corrected chi connectivity index (χ2v) is 5.11. The van der Waals surface area contributed by atoms with E-state index in [-0.39, 0.29) is 0 Å². The van der Waals surface area contributed by atoms with Crippen molar-refractivity contribution in [3.8, 4) is 0 Å². The molecule has 1 aromatic heterocycles. The number of anilines is 1. The van der Waals surface area contributed by atoms with Gasteiger partial charge in [0.1, 0.15) is 0 Å². The highest BCUT2D eigenvalue weighted by atomic mass is 16.5. The van der Waals surface area contributed by atoms with Crippen LogP contribution >= 0.6 is 0 Å². The van der Waals surface area contributed by atoms with E-state index in [0.717, 1.165) is 24.7 Å². The van der Waals surface area contributed by atoms with Gasteiger partial charge in [-0.2, -0.15) is 0 Å². The first-order chi connectivity index (χ1) is 8.65. The summed E-state index contributed by atoms with van der Waals surface area (Å²) in [7, 11) is 3.77. The van der Waals surface area contributed by atoms with E-state index in [1.165, 1.54) is 6.42 Å². The maximum Gasteiger partial charge on any atom is 0.206 e. The van der Waals surface area contributed by atoms with E-state index in [0.29, 0.717) is 18.7 Å². The summed E-state index contributed by atoms with van der Waals surface area (Å²) < 4.78 is 7.48. The van der Waals surface area contributed by atoms with E-state index in [1.807, 2.05) is 14.0 Å². The van der Waals surface area contributed by atoms with Crippen LogP contribution in [0.4, 0.5) is 5.95 Å². The van der Waals surface area contributed by atoms with Gasteiger partial charge >= 0.3 is 0 Å². The Labute approximate surface area is 109 Å². The van der Waals surface area contributed by atoms with Crippen molar-refractivity contribution in [3.63, 3.8) is 0 Å². The Balaban J connectivity index is 2.17. The molecule has 2 heterocycles. The molecule has 2 atom stereocenters. The van der Waals surface area contributed by atoms with Gasteiger partial charge in [-0.25, -0.2) is 4.98 Å². The monoisotopic (exact) mass is 252 g/mol. The molecule has 1 N–H and O–H groups in total. The van der Waals surface area contributed by atoms with E-state index in [4.69, 9.17) is 4.74 Å². The summed E-state index contributed by atoms with van der Waals surface area (Å²) >= 11 is 0. The van der Waals surface area contributed by atoms with Crippen molar-refractivity contribution in [2.75, 3.05) is 38.8 Å². The summed E-state index contributed by atoms with van der Waals surface area (Å²) in [6.07, 6.45) is 3.30. The van der Waals surface area contributed by atoms with Crippen molar-refractivity contribution in [3.05, 3.63) is 11.9 Å². The lowest BCUT2D eigenvalue weighted by atomic mass is 10.3. The highest BCUT2D eigenvalue weighted by Gasteiger charge is 2.25. The molecule has 1 saturated heterocycles. The first-order valence-corrected chi connectivity index (χ1v) is 6.62. The number of likely N-dealkylation sites (N-methyl/N-ethyl adjacent to an activating group) is 1. The predicted octanol–water partition coefficient (Wildman–Crippen LogP) is 1.20. The average Bonchev–Trinajstić information content (AvgIpc) is 2.95. The number of hydrogen-bond acceptors (Lipinski definition) is 4. The van der Waals surface area contributed by atoms with Crippen LogP contribution in [-0.2, 0) is 4.74 Å². The molecule has 1 aliphatic heterocycles. The van der Waals surface area contributed by atoms with Crippen LogP contribution in [0.15, 0.2) is 6.20 Å². The Bertz CT molecular complexity index is 390. The zero-order valence-electron chi connectivity index (χ0n) is 11.8. The van der Waals surface area contributed by atoms with Gasteiger partial charge < -0.3 is 19.5 Å². The number of nitrogens with one attached hydrogen (secondary N) is 1. The van der Waals surface area contributed by atoms with Crippen LogP contribution in [-0.4, -0.2) is 49.4 Å². The Kier molecular flexibility index (Phi) is 4.24. The molecule has 0 radical (unpaired) electrons. The molecule has 0 spiro atoms. The molecule has 0 aliphatic carbocycles. The fourth-order valence-electron chi connectivity index (χ4n) is 2.56. The van der Waals surface area contributed by atoms with Gasteiger partial charge in [-0.3, -0.25) is 0 Å². The minimum Gasteiger partial charge on any atom is -0.383 e. The third-order valence-corrected chi connectivity index (χ3v) is 3.60. The molecular weight excluding hydrogens is 228 g/mol. The van der Waals surface area contributed by atoms with Crippen molar-refractivity contribution in [2.24, 2.45) is 0 Å². The molecule has 0 bridgehead atoms. The van der Waals surface area contributed by atoms with Crippen LogP contribution < -0.4 is 10.2 Å². The van der Waals surface area contributed by atoms with Crippen LogP contribution in [0.5, 0.6) is 0 Å². The fraction of sp³-hybridized carbons (Fsp3) is 0.769. The Morgan fingerprint density at radius 1 is 1.61 bits per heavy atom. The van der Waals surface area contributed by atoms with Crippen molar-refractivity contribution in [1.82, 2.24) is 14.9 Å². The number of nitrogens with zero attached hydrogens (tertiary/aromatic N) is 3. The molecule has 5 nitrogen and oxygen atoms in total. The van der Waals surface area contributed by atoms with Gasteiger partial charge in [-0.15, -0.1) is 0 Å². The number of aryl methyl sites for hydroxylation is 1. The summed E-state index contributed by atoms with van der Waals surface area (Å²) in [4.78, 5) is 7.03. The molecule has 0 aromatic carbocycles. The van der Waals surface area contributed by atoms with Gasteiger partial charge in [0.2, 0.25) is 5.95 Å². The van der Waals surface area contributed by atoms with Crippen molar-refractivity contribution >= 4 is 5.95 Å². The van der Waals surface area contributed by atoms with Gasteiger partial charge in [0, 0.05) is 32.4 Å². The van der Waals surface area contributed by atoms with Gasteiger partial charge in [0.25, 0.3) is 0 Å². The van der Waals surface area contributed by atoms with Crippen LogP contribution in [0, 0.1) is 6.92 Å². The average molecular weight is 252 g/mol. The van der Waals surface area contributed by atoms with Crippen LogP contribution in [0.3, 0.4) is 0 Å². The first-order valence-electron chi connectivity index (χ1n) is 6.62. The Hall–Kier alpha value is -1.07. The highest BCUT2D eigenvalue weighted by Crippen LogP contribution is 2.23. The largest absolute Gasteiger partial charge is 0.383 e. The molecular formula is C13H24N4O. The van der Waals surface area contributed by atoms with E-state index >= 15 is 0 Å². The molecule has 102 valence electrons. The normalized spacial score (nSPS) is 21.6. The maximum atomic E-state index is 5.25. The highest BCUT2D eigenvalue weighted by molar-refractivity contribution is 5.36. The summed E-state index contributed by atoms with van der Waals surface area (Å²) in [6, 6.07) is 0.896. The Morgan fingerprint density at radius 3 is 3.00 bits per heavy atom. The minimum atomic E-state index is 0.319. The summed E-state index contributed by atoms with van der Waals surface area (Å²) in [5, 5.41) is 3.34. The smallest absolute Gasteiger partial charge is 0.206 e.